The first-order valence-electron chi connectivity index (χ1n) is 5.76. The normalized spacial score (nSPS) is 10.6. The van der Waals surface area contributed by atoms with Crippen LogP contribution >= 0.6 is 24.0 Å². The highest BCUT2D eigenvalue weighted by Gasteiger charge is 2.00. The zero-order valence-electron chi connectivity index (χ0n) is 11.4. The van der Waals surface area contributed by atoms with Gasteiger partial charge >= 0.3 is 0 Å². The number of aliphatic imine (C=N–C) groups is 1. The number of rotatable bonds is 4. The summed E-state index contributed by atoms with van der Waals surface area (Å²) in [4.78, 5) is 6.51. The van der Waals surface area contributed by atoms with Crippen LogP contribution in [0.2, 0.25) is 0 Å². The molecule has 0 aliphatic heterocycles. The molecule has 1 N–H and O–H groups in total. The first kappa shape index (κ1) is 17.0. The molecule has 4 nitrogen and oxygen atoms in total. The van der Waals surface area contributed by atoms with E-state index in [4.69, 9.17) is 4.74 Å². The number of nitrogens with zero attached hydrogens (tertiary/aromatic N) is 2. The highest BCUT2D eigenvalue weighted by atomic mass is 127. The standard InChI is InChI=1S/C13H21N3O.HI/c1-5-14-13(16(2)3)15-10-11-7-6-8-12(9-11)17-4;/h6-9H,5,10H2,1-4H3,(H,14,15);1H. The van der Waals surface area contributed by atoms with E-state index < -0.39 is 0 Å². The van der Waals surface area contributed by atoms with Gasteiger partial charge in [-0.1, -0.05) is 12.1 Å². The van der Waals surface area contributed by atoms with E-state index in [9.17, 15) is 0 Å². The van der Waals surface area contributed by atoms with E-state index in [1.54, 1.807) is 7.11 Å². The molecular formula is C13H22IN3O. The Kier molecular flexibility index (Phi) is 8.53. The summed E-state index contributed by atoms with van der Waals surface area (Å²) in [5, 5.41) is 3.23. The van der Waals surface area contributed by atoms with Gasteiger partial charge in [-0.2, -0.15) is 0 Å². The van der Waals surface area contributed by atoms with E-state index in [1.807, 2.05) is 43.3 Å². The molecule has 5 heteroatoms. The van der Waals surface area contributed by atoms with E-state index >= 15 is 0 Å². The molecule has 102 valence electrons. The fourth-order valence-electron chi connectivity index (χ4n) is 1.45. The van der Waals surface area contributed by atoms with Crippen molar-refractivity contribution in [2.24, 2.45) is 4.99 Å². The summed E-state index contributed by atoms with van der Waals surface area (Å²) in [6.45, 7) is 3.58. The number of ether oxygens (including phenoxy) is 1. The second kappa shape index (κ2) is 9.02. The highest BCUT2D eigenvalue weighted by molar-refractivity contribution is 14.0. The molecule has 0 fully saturated rings. The third-order valence-corrected chi connectivity index (χ3v) is 2.30. The van der Waals surface area contributed by atoms with Gasteiger partial charge in [-0.05, 0) is 24.6 Å². The Labute approximate surface area is 126 Å². The summed E-state index contributed by atoms with van der Waals surface area (Å²) in [6.07, 6.45) is 0. The molecule has 1 rings (SSSR count). The molecule has 0 spiro atoms. The Bertz CT molecular complexity index is 380. The lowest BCUT2D eigenvalue weighted by atomic mass is 10.2. The zero-order chi connectivity index (χ0) is 12.7. The fourth-order valence-corrected chi connectivity index (χ4v) is 1.45. The molecule has 18 heavy (non-hydrogen) atoms. The molecule has 0 heterocycles. The van der Waals surface area contributed by atoms with Gasteiger partial charge < -0.3 is 15.0 Å². The quantitative estimate of drug-likeness (QED) is 0.507. The second-order valence-corrected chi connectivity index (χ2v) is 3.92. The topological polar surface area (TPSA) is 36.9 Å². The summed E-state index contributed by atoms with van der Waals surface area (Å²) in [5.41, 5.74) is 1.14. The van der Waals surface area contributed by atoms with Crippen LogP contribution in [0.4, 0.5) is 0 Å². The van der Waals surface area contributed by atoms with Crippen molar-refractivity contribution in [2.75, 3.05) is 27.7 Å². The zero-order valence-corrected chi connectivity index (χ0v) is 13.8. The number of nitrogens with one attached hydrogen (secondary N) is 1. The van der Waals surface area contributed by atoms with Crippen LogP contribution in [0.25, 0.3) is 0 Å². The Morgan fingerprint density at radius 1 is 1.39 bits per heavy atom. The SMILES string of the molecule is CCNC(=NCc1cccc(OC)c1)N(C)C.I. The Balaban J connectivity index is 0.00000289. The third kappa shape index (κ3) is 5.57. The molecule has 0 saturated carbocycles. The summed E-state index contributed by atoms with van der Waals surface area (Å²) in [5.74, 6) is 1.77. The van der Waals surface area contributed by atoms with E-state index in [-0.39, 0.29) is 24.0 Å². The van der Waals surface area contributed by atoms with Gasteiger partial charge in [-0.3, -0.25) is 0 Å². The fraction of sp³-hybridized carbons (Fsp3) is 0.462. The molecule has 1 aromatic rings. The first-order valence-corrected chi connectivity index (χ1v) is 5.76. The number of benzene rings is 1. The maximum absolute atomic E-state index is 5.18. The van der Waals surface area contributed by atoms with Crippen molar-refractivity contribution < 1.29 is 4.74 Å². The number of methoxy groups -OCH3 is 1. The lowest BCUT2D eigenvalue weighted by molar-refractivity contribution is 0.414. The van der Waals surface area contributed by atoms with Gasteiger partial charge in [0, 0.05) is 20.6 Å². The summed E-state index contributed by atoms with van der Waals surface area (Å²) < 4.78 is 5.18. The summed E-state index contributed by atoms with van der Waals surface area (Å²) in [6, 6.07) is 7.96. The molecule has 1 aromatic carbocycles. The minimum absolute atomic E-state index is 0. The third-order valence-electron chi connectivity index (χ3n) is 2.30. The number of halogens is 1. The van der Waals surface area contributed by atoms with Crippen molar-refractivity contribution >= 4 is 29.9 Å². The van der Waals surface area contributed by atoms with Gasteiger partial charge in [0.1, 0.15) is 5.75 Å². The number of hydrogen-bond donors (Lipinski definition) is 1. The molecule has 0 aliphatic rings. The largest absolute Gasteiger partial charge is 0.497 e. The van der Waals surface area contributed by atoms with Crippen molar-refractivity contribution in [3.05, 3.63) is 29.8 Å². The van der Waals surface area contributed by atoms with Crippen LogP contribution in [0.5, 0.6) is 5.75 Å². The Morgan fingerprint density at radius 3 is 2.67 bits per heavy atom. The van der Waals surface area contributed by atoms with Gasteiger partial charge in [-0.15, -0.1) is 24.0 Å². The smallest absolute Gasteiger partial charge is 0.193 e. The molecule has 0 saturated heterocycles. The minimum Gasteiger partial charge on any atom is -0.497 e. The first-order chi connectivity index (χ1) is 8.17. The molecular weight excluding hydrogens is 341 g/mol. The predicted molar refractivity (Wildman–Crippen MR) is 86.9 cm³/mol. The lowest BCUT2D eigenvalue weighted by Gasteiger charge is -2.16. The van der Waals surface area contributed by atoms with E-state index in [0.717, 1.165) is 23.8 Å². The molecule has 0 aromatic heterocycles. The van der Waals surface area contributed by atoms with E-state index in [1.165, 1.54) is 0 Å². The molecule has 0 amide bonds. The predicted octanol–water partition coefficient (Wildman–Crippen LogP) is 2.34. The number of guanidine groups is 1. The van der Waals surface area contributed by atoms with Crippen LogP contribution in [-0.4, -0.2) is 38.6 Å². The average Bonchev–Trinajstić information content (AvgIpc) is 2.34. The van der Waals surface area contributed by atoms with E-state index in [2.05, 4.69) is 17.2 Å². The highest BCUT2D eigenvalue weighted by Crippen LogP contribution is 2.13. The van der Waals surface area contributed by atoms with Crippen molar-refractivity contribution in [3.8, 4) is 5.75 Å². The van der Waals surface area contributed by atoms with Gasteiger partial charge in [0.15, 0.2) is 5.96 Å². The van der Waals surface area contributed by atoms with Crippen LogP contribution in [0.3, 0.4) is 0 Å². The van der Waals surface area contributed by atoms with E-state index in [0.29, 0.717) is 6.54 Å². The van der Waals surface area contributed by atoms with Gasteiger partial charge in [0.05, 0.1) is 13.7 Å². The van der Waals surface area contributed by atoms with Crippen LogP contribution < -0.4 is 10.1 Å². The molecule has 0 unspecified atom stereocenters. The maximum atomic E-state index is 5.18. The molecule has 0 aliphatic carbocycles. The Hall–Kier alpha value is -0.980. The van der Waals surface area contributed by atoms with Crippen molar-refractivity contribution in [3.63, 3.8) is 0 Å². The van der Waals surface area contributed by atoms with Crippen molar-refractivity contribution in [1.29, 1.82) is 0 Å². The monoisotopic (exact) mass is 363 g/mol. The van der Waals surface area contributed by atoms with Crippen LogP contribution in [-0.2, 0) is 6.54 Å². The van der Waals surface area contributed by atoms with Gasteiger partial charge in [-0.25, -0.2) is 4.99 Å². The summed E-state index contributed by atoms with van der Waals surface area (Å²) >= 11 is 0. The van der Waals surface area contributed by atoms with Crippen LogP contribution in [0, 0.1) is 0 Å². The second-order valence-electron chi connectivity index (χ2n) is 3.92. The average molecular weight is 363 g/mol. The van der Waals surface area contributed by atoms with Gasteiger partial charge in [0.25, 0.3) is 0 Å². The van der Waals surface area contributed by atoms with Crippen molar-refractivity contribution in [2.45, 2.75) is 13.5 Å². The van der Waals surface area contributed by atoms with Crippen LogP contribution in [0.1, 0.15) is 12.5 Å². The maximum Gasteiger partial charge on any atom is 0.193 e. The van der Waals surface area contributed by atoms with Gasteiger partial charge in [0.2, 0.25) is 0 Å². The molecule has 0 bridgehead atoms. The molecule has 0 atom stereocenters. The number of hydrogen-bond acceptors (Lipinski definition) is 2. The Morgan fingerprint density at radius 2 is 2.11 bits per heavy atom. The van der Waals surface area contributed by atoms with Crippen LogP contribution in [0.15, 0.2) is 29.3 Å². The summed E-state index contributed by atoms with van der Waals surface area (Å²) in [7, 11) is 5.63. The lowest BCUT2D eigenvalue weighted by Crippen LogP contribution is -2.36. The van der Waals surface area contributed by atoms with Crippen molar-refractivity contribution in [1.82, 2.24) is 10.2 Å². The minimum atomic E-state index is 0. The molecule has 0 radical (unpaired) electrons.